The van der Waals surface area contributed by atoms with E-state index in [2.05, 4.69) is 77.2 Å². The van der Waals surface area contributed by atoms with Crippen molar-refractivity contribution in [1.29, 1.82) is 0 Å². The fourth-order valence-electron chi connectivity index (χ4n) is 2.44. The van der Waals surface area contributed by atoms with Gasteiger partial charge in [0.1, 0.15) is 0 Å². The molecule has 0 bridgehead atoms. The quantitative estimate of drug-likeness (QED) is 0.157. The van der Waals surface area contributed by atoms with E-state index in [0.29, 0.717) is 5.04 Å². The molecule has 0 radical (unpaired) electrons. The number of allylic oxidation sites excluding steroid dienone is 6. The van der Waals surface area contributed by atoms with E-state index in [1.165, 1.54) is 44.9 Å². The van der Waals surface area contributed by atoms with Crippen molar-refractivity contribution in [2.45, 2.75) is 110 Å². The summed E-state index contributed by atoms with van der Waals surface area (Å²) in [6.45, 7) is 14.8. The molecule has 152 valence electrons. The van der Waals surface area contributed by atoms with Crippen molar-refractivity contribution in [2.24, 2.45) is 0 Å². The molecule has 0 N–H and O–H groups in total. The van der Waals surface area contributed by atoms with Crippen LogP contribution in [0.15, 0.2) is 36.5 Å². The first kappa shape index (κ1) is 25.4. The number of hydrogen-bond donors (Lipinski definition) is 0. The maximum atomic E-state index is 6.23. The lowest BCUT2D eigenvalue weighted by Crippen LogP contribution is -2.40. The summed E-state index contributed by atoms with van der Waals surface area (Å²) >= 11 is 0. The Kier molecular flexibility index (Phi) is 15.1. The summed E-state index contributed by atoms with van der Waals surface area (Å²) in [6.07, 6.45) is 26.1. The zero-order valence-corrected chi connectivity index (χ0v) is 19.7. The molecule has 0 aromatic rings. The lowest BCUT2D eigenvalue weighted by Gasteiger charge is -2.36. The van der Waals surface area contributed by atoms with Crippen LogP contribution in [-0.4, -0.2) is 14.9 Å². The van der Waals surface area contributed by atoms with Crippen molar-refractivity contribution >= 4 is 8.32 Å². The van der Waals surface area contributed by atoms with E-state index in [0.717, 1.165) is 25.9 Å². The standard InChI is InChI=1S/C24H46OSi/c1-7-8-9-10-11-12-13-14-15-16-17-18-19-20-21-22-23-25-26(5,6)24(2,3)4/h8-9,11-12,14-15H,7,10,13,16-23H2,1-6H3/b9-8-,12-11-,15-14-. The second-order valence-electron chi connectivity index (χ2n) is 8.81. The Morgan fingerprint density at radius 3 is 1.77 bits per heavy atom. The van der Waals surface area contributed by atoms with Crippen LogP contribution in [0.2, 0.25) is 18.1 Å². The maximum absolute atomic E-state index is 6.23. The van der Waals surface area contributed by atoms with Gasteiger partial charge in [-0.2, -0.15) is 0 Å². The van der Waals surface area contributed by atoms with Crippen LogP contribution < -0.4 is 0 Å². The first-order chi connectivity index (χ1) is 12.3. The molecule has 0 saturated heterocycles. The van der Waals surface area contributed by atoms with Crippen molar-refractivity contribution in [3.63, 3.8) is 0 Å². The first-order valence-corrected chi connectivity index (χ1v) is 13.8. The number of unbranched alkanes of at least 4 members (excludes halogenated alkanes) is 6. The summed E-state index contributed by atoms with van der Waals surface area (Å²) in [5.41, 5.74) is 0. The normalized spacial score (nSPS) is 13.6. The van der Waals surface area contributed by atoms with Gasteiger partial charge in [-0.1, -0.05) is 89.8 Å². The third-order valence-electron chi connectivity index (χ3n) is 5.31. The molecular weight excluding hydrogens is 332 g/mol. The third kappa shape index (κ3) is 14.6. The molecule has 26 heavy (non-hydrogen) atoms. The Bertz CT molecular complexity index is 399. The van der Waals surface area contributed by atoms with Gasteiger partial charge in [-0.15, -0.1) is 0 Å². The monoisotopic (exact) mass is 378 g/mol. The lowest BCUT2D eigenvalue weighted by atomic mass is 10.1. The van der Waals surface area contributed by atoms with Crippen molar-refractivity contribution in [3.05, 3.63) is 36.5 Å². The zero-order chi connectivity index (χ0) is 19.7. The zero-order valence-electron chi connectivity index (χ0n) is 18.7. The molecule has 0 aliphatic rings. The Hall–Kier alpha value is -0.603. The van der Waals surface area contributed by atoms with Crippen LogP contribution >= 0.6 is 0 Å². The van der Waals surface area contributed by atoms with E-state index in [9.17, 15) is 0 Å². The van der Waals surface area contributed by atoms with Gasteiger partial charge in [-0.05, 0) is 56.7 Å². The molecule has 0 atom stereocenters. The van der Waals surface area contributed by atoms with Crippen LogP contribution in [0, 0.1) is 0 Å². The molecule has 0 aromatic heterocycles. The lowest BCUT2D eigenvalue weighted by molar-refractivity contribution is 0.277. The van der Waals surface area contributed by atoms with Gasteiger partial charge in [0.15, 0.2) is 8.32 Å². The minimum absolute atomic E-state index is 0.336. The molecule has 0 fully saturated rings. The Labute approximate surface area is 166 Å². The summed E-state index contributed by atoms with van der Waals surface area (Å²) < 4.78 is 6.23. The molecule has 0 saturated carbocycles. The highest BCUT2D eigenvalue weighted by Crippen LogP contribution is 2.36. The van der Waals surface area contributed by atoms with Gasteiger partial charge in [0, 0.05) is 6.61 Å². The fraction of sp³-hybridized carbons (Fsp3) is 0.750. The van der Waals surface area contributed by atoms with E-state index < -0.39 is 8.32 Å². The topological polar surface area (TPSA) is 9.23 Å². The highest BCUT2D eigenvalue weighted by Gasteiger charge is 2.36. The summed E-state index contributed by atoms with van der Waals surface area (Å²) in [5.74, 6) is 0. The second-order valence-corrected chi connectivity index (χ2v) is 13.6. The minimum atomic E-state index is -1.53. The summed E-state index contributed by atoms with van der Waals surface area (Å²) in [6, 6.07) is 0. The third-order valence-corrected chi connectivity index (χ3v) is 9.85. The Balaban J connectivity index is 3.41. The van der Waals surface area contributed by atoms with Crippen molar-refractivity contribution < 1.29 is 4.43 Å². The molecule has 0 unspecified atom stereocenters. The molecular formula is C24H46OSi. The summed E-state index contributed by atoms with van der Waals surface area (Å²) in [7, 11) is -1.53. The van der Waals surface area contributed by atoms with Gasteiger partial charge >= 0.3 is 0 Å². The minimum Gasteiger partial charge on any atom is -0.417 e. The van der Waals surface area contributed by atoms with Crippen LogP contribution in [0.1, 0.15) is 91.9 Å². The van der Waals surface area contributed by atoms with Crippen LogP contribution in [0.25, 0.3) is 0 Å². The van der Waals surface area contributed by atoms with Crippen molar-refractivity contribution in [3.8, 4) is 0 Å². The fourth-order valence-corrected chi connectivity index (χ4v) is 3.53. The molecule has 1 nitrogen and oxygen atoms in total. The molecule has 0 spiro atoms. The van der Waals surface area contributed by atoms with E-state index >= 15 is 0 Å². The first-order valence-electron chi connectivity index (χ1n) is 10.9. The summed E-state index contributed by atoms with van der Waals surface area (Å²) in [5, 5.41) is 0.336. The van der Waals surface area contributed by atoms with Crippen LogP contribution in [0.4, 0.5) is 0 Å². The van der Waals surface area contributed by atoms with Gasteiger partial charge in [0.25, 0.3) is 0 Å². The highest BCUT2D eigenvalue weighted by atomic mass is 28.4. The molecule has 0 amide bonds. The van der Waals surface area contributed by atoms with Gasteiger partial charge in [-0.3, -0.25) is 0 Å². The van der Waals surface area contributed by atoms with Gasteiger partial charge in [0.2, 0.25) is 0 Å². The largest absolute Gasteiger partial charge is 0.417 e. The van der Waals surface area contributed by atoms with Crippen LogP contribution in [0.3, 0.4) is 0 Å². The van der Waals surface area contributed by atoms with E-state index in [-0.39, 0.29) is 0 Å². The average Bonchev–Trinajstić information content (AvgIpc) is 2.56. The van der Waals surface area contributed by atoms with Crippen molar-refractivity contribution in [2.75, 3.05) is 6.61 Å². The smallest absolute Gasteiger partial charge is 0.191 e. The van der Waals surface area contributed by atoms with Crippen LogP contribution in [-0.2, 0) is 4.43 Å². The van der Waals surface area contributed by atoms with E-state index in [4.69, 9.17) is 4.43 Å². The molecule has 2 heteroatoms. The molecule has 0 aromatic carbocycles. The summed E-state index contributed by atoms with van der Waals surface area (Å²) in [4.78, 5) is 0. The maximum Gasteiger partial charge on any atom is 0.191 e. The molecule has 0 aliphatic heterocycles. The predicted octanol–water partition coefficient (Wildman–Crippen LogP) is 8.60. The molecule has 0 heterocycles. The van der Waals surface area contributed by atoms with Gasteiger partial charge in [0.05, 0.1) is 0 Å². The predicted molar refractivity (Wildman–Crippen MR) is 122 cm³/mol. The van der Waals surface area contributed by atoms with Crippen LogP contribution in [0.5, 0.6) is 0 Å². The number of hydrogen-bond acceptors (Lipinski definition) is 1. The average molecular weight is 379 g/mol. The SMILES string of the molecule is CC/C=C\C/C=C\C/C=C\CCCCCCCCO[Si](C)(C)C(C)(C)C. The van der Waals surface area contributed by atoms with Gasteiger partial charge in [-0.25, -0.2) is 0 Å². The highest BCUT2D eigenvalue weighted by molar-refractivity contribution is 6.74. The Morgan fingerprint density at radius 1 is 0.692 bits per heavy atom. The van der Waals surface area contributed by atoms with E-state index in [1.807, 2.05) is 0 Å². The second kappa shape index (κ2) is 15.5. The Morgan fingerprint density at radius 2 is 1.19 bits per heavy atom. The van der Waals surface area contributed by atoms with Gasteiger partial charge < -0.3 is 4.43 Å². The van der Waals surface area contributed by atoms with E-state index in [1.54, 1.807) is 0 Å². The number of rotatable bonds is 15. The van der Waals surface area contributed by atoms with Crippen molar-refractivity contribution in [1.82, 2.24) is 0 Å². The molecule has 0 aliphatic carbocycles. The molecule has 0 rings (SSSR count).